The number of thioether (sulfide) groups is 1. The average molecular weight is 525 g/mol. The number of nitrogens with one attached hydrogen (secondary N) is 1. The van der Waals surface area contributed by atoms with Crippen LogP contribution in [-0.4, -0.2) is 45.5 Å². The first-order valence-electron chi connectivity index (χ1n) is 11.6. The lowest BCUT2D eigenvalue weighted by Gasteiger charge is -2.26. The molecular formula is C25H33ClN2O4S2. The SMILES string of the molecule is COc1ccc(Cl)cc1N(CC(=O)NCCCSC1CCCCC1)S(=O)(=O)c1ccc(C)cc1. The second-order valence-corrected chi connectivity index (χ2v) is 12.2. The van der Waals surface area contributed by atoms with E-state index in [-0.39, 0.29) is 23.0 Å². The number of amides is 1. The van der Waals surface area contributed by atoms with Crippen molar-refractivity contribution in [3.05, 3.63) is 53.1 Å². The fourth-order valence-corrected chi connectivity index (χ4v) is 6.86. The quantitative estimate of drug-likeness (QED) is 0.397. The third-order valence-corrected chi connectivity index (χ3v) is 9.33. The summed E-state index contributed by atoms with van der Waals surface area (Å²) in [5, 5.41) is 3.95. The lowest BCUT2D eigenvalue weighted by molar-refractivity contribution is -0.119. The maximum absolute atomic E-state index is 13.6. The molecule has 9 heteroatoms. The molecule has 1 aliphatic rings. The zero-order chi connectivity index (χ0) is 24.6. The summed E-state index contributed by atoms with van der Waals surface area (Å²) in [7, 11) is -2.58. The monoisotopic (exact) mass is 524 g/mol. The van der Waals surface area contributed by atoms with E-state index in [2.05, 4.69) is 5.32 Å². The molecule has 2 aromatic carbocycles. The molecule has 0 saturated heterocycles. The molecule has 1 amide bonds. The van der Waals surface area contributed by atoms with Crippen molar-refractivity contribution in [2.24, 2.45) is 0 Å². The molecule has 1 saturated carbocycles. The van der Waals surface area contributed by atoms with Gasteiger partial charge in [0.05, 0.1) is 17.7 Å². The zero-order valence-electron chi connectivity index (χ0n) is 19.8. The molecule has 2 aromatic rings. The van der Waals surface area contributed by atoms with Crippen LogP contribution < -0.4 is 14.4 Å². The van der Waals surface area contributed by atoms with E-state index in [9.17, 15) is 13.2 Å². The summed E-state index contributed by atoms with van der Waals surface area (Å²) in [5.41, 5.74) is 1.16. The largest absolute Gasteiger partial charge is 0.495 e. The molecule has 34 heavy (non-hydrogen) atoms. The molecule has 0 aliphatic heterocycles. The van der Waals surface area contributed by atoms with E-state index in [1.165, 1.54) is 57.4 Å². The Hall–Kier alpha value is -1.90. The second kappa shape index (κ2) is 12.7. The first-order valence-corrected chi connectivity index (χ1v) is 14.5. The number of methoxy groups -OCH3 is 1. The van der Waals surface area contributed by atoms with Crippen molar-refractivity contribution >= 4 is 45.0 Å². The summed E-state index contributed by atoms with van der Waals surface area (Å²) in [6.45, 7) is 2.01. The van der Waals surface area contributed by atoms with Gasteiger partial charge in [-0.2, -0.15) is 11.8 Å². The average Bonchev–Trinajstić information content (AvgIpc) is 2.83. The van der Waals surface area contributed by atoms with Gasteiger partial charge in [-0.15, -0.1) is 0 Å². The highest BCUT2D eigenvalue weighted by molar-refractivity contribution is 7.99. The Balaban J connectivity index is 1.70. The predicted octanol–water partition coefficient (Wildman–Crippen LogP) is 5.42. The van der Waals surface area contributed by atoms with Crippen LogP contribution in [0.2, 0.25) is 5.02 Å². The van der Waals surface area contributed by atoms with Crippen molar-refractivity contribution in [1.29, 1.82) is 0 Å². The Morgan fingerprint density at radius 3 is 2.53 bits per heavy atom. The van der Waals surface area contributed by atoms with Crippen molar-refractivity contribution in [2.75, 3.05) is 30.3 Å². The van der Waals surface area contributed by atoms with E-state index in [4.69, 9.17) is 16.3 Å². The minimum atomic E-state index is -4.04. The maximum Gasteiger partial charge on any atom is 0.264 e. The van der Waals surface area contributed by atoms with Gasteiger partial charge < -0.3 is 10.1 Å². The number of hydrogen-bond acceptors (Lipinski definition) is 5. The number of benzene rings is 2. The molecule has 0 radical (unpaired) electrons. The Kier molecular flexibility index (Phi) is 9.97. The van der Waals surface area contributed by atoms with Crippen LogP contribution in [0.5, 0.6) is 5.75 Å². The number of rotatable bonds is 11. The Morgan fingerprint density at radius 1 is 1.15 bits per heavy atom. The highest BCUT2D eigenvalue weighted by Gasteiger charge is 2.29. The van der Waals surface area contributed by atoms with Crippen molar-refractivity contribution in [2.45, 2.75) is 55.6 Å². The zero-order valence-corrected chi connectivity index (χ0v) is 22.1. The fraction of sp³-hybridized carbons (Fsp3) is 0.480. The van der Waals surface area contributed by atoms with E-state index < -0.39 is 10.0 Å². The van der Waals surface area contributed by atoms with E-state index in [1.807, 2.05) is 18.7 Å². The third-order valence-electron chi connectivity index (χ3n) is 5.85. The Bertz CT molecular complexity index is 1060. The molecule has 3 rings (SSSR count). The highest BCUT2D eigenvalue weighted by atomic mass is 35.5. The van der Waals surface area contributed by atoms with Crippen LogP contribution in [0.1, 0.15) is 44.1 Å². The van der Waals surface area contributed by atoms with Crippen LogP contribution in [0.15, 0.2) is 47.4 Å². The van der Waals surface area contributed by atoms with Crippen molar-refractivity contribution < 1.29 is 17.9 Å². The first kappa shape index (κ1) is 26.7. The minimum absolute atomic E-state index is 0.0943. The van der Waals surface area contributed by atoms with Gasteiger partial charge in [-0.25, -0.2) is 8.42 Å². The van der Waals surface area contributed by atoms with Crippen LogP contribution in [-0.2, 0) is 14.8 Å². The molecule has 1 fully saturated rings. The summed E-state index contributed by atoms with van der Waals surface area (Å²) >= 11 is 8.15. The molecule has 0 bridgehead atoms. The molecular weight excluding hydrogens is 492 g/mol. The fourth-order valence-electron chi connectivity index (χ4n) is 3.96. The second-order valence-electron chi connectivity index (χ2n) is 8.48. The van der Waals surface area contributed by atoms with E-state index in [0.29, 0.717) is 17.3 Å². The predicted molar refractivity (Wildman–Crippen MR) is 141 cm³/mol. The number of hydrogen-bond donors (Lipinski definition) is 1. The molecule has 0 unspecified atom stereocenters. The lowest BCUT2D eigenvalue weighted by Crippen LogP contribution is -2.41. The smallest absolute Gasteiger partial charge is 0.264 e. The van der Waals surface area contributed by atoms with Gasteiger partial charge >= 0.3 is 0 Å². The lowest BCUT2D eigenvalue weighted by atomic mass is 10.0. The molecule has 0 heterocycles. The summed E-state index contributed by atoms with van der Waals surface area (Å²) < 4.78 is 33.6. The summed E-state index contributed by atoms with van der Waals surface area (Å²) in [6, 6.07) is 11.2. The molecule has 186 valence electrons. The van der Waals surface area contributed by atoms with Gasteiger partial charge in [0.15, 0.2) is 0 Å². The number of nitrogens with zero attached hydrogens (tertiary/aromatic N) is 1. The van der Waals surface area contributed by atoms with Crippen LogP contribution in [0.25, 0.3) is 0 Å². The number of anilines is 1. The number of carbonyl (C=O) groups excluding carboxylic acids is 1. The van der Waals surface area contributed by atoms with Crippen molar-refractivity contribution in [3.63, 3.8) is 0 Å². The van der Waals surface area contributed by atoms with Gasteiger partial charge in [-0.3, -0.25) is 9.10 Å². The van der Waals surface area contributed by atoms with Crippen LogP contribution in [0.3, 0.4) is 0 Å². The van der Waals surface area contributed by atoms with Gasteiger partial charge in [0, 0.05) is 16.8 Å². The topological polar surface area (TPSA) is 75.7 Å². The molecule has 1 N–H and O–H groups in total. The van der Waals surface area contributed by atoms with Crippen LogP contribution in [0, 0.1) is 6.92 Å². The molecule has 0 spiro atoms. The molecule has 0 atom stereocenters. The van der Waals surface area contributed by atoms with Gasteiger partial charge in [0.25, 0.3) is 10.0 Å². The summed E-state index contributed by atoms with van der Waals surface area (Å²) in [5.74, 6) is 0.926. The first-order chi connectivity index (χ1) is 16.3. The van der Waals surface area contributed by atoms with Crippen LogP contribution in [0.4, 0.5) is 5.69 Å². The Labute approximate surface area is 212 Å². The van der Waals surface area contributed by atoms with Crippen molar-refractivity contribution in [3.8, 4) is 5.75 Å². The van der Waals surface area contributed by atoms with Gasteiger partial charge in [-0.05, 0) is 62.3 Å². The number of ether oxygens (including phenoxy) is 1. The minimum Gasteiger partial charge on any atom is -0.495 e. The Morgan fingerprint density at radius 2 is 1.85 bits per heavy atom. The highest BCUT2D eigenvalue weighted by Crippen LogP contribution is 2.35. The van der Waals surface area contributed by atoms with Crippen LogP contribution >= 0.6 is 23.4 Å². The normalized spacial score (nSPS) is 14.6. The number of carbonyl (C=O) groups is 1. The third kappa shape index (κ3) is 7.30. The van der Waals surface area contributed by atoms with E-state index in [0.717, 1.165) is 27.3 Å². The van der Waals surface area contributed by atoms with Crippen molar-refractivity contribution in [1.82, 2.24) is 5.32 Å². The summed E-state index contributed by atoms with van der Waals surface area (Å²) in [4.78, 5) is 12.9. The van der Waals surface area contributed by atoms with Gasteiger partial charge in [0.2, 0.25) is 5.91 Å². The number of aryl methyl sites for hydroxylation is 1. The molecule has 0 aromatic heterocycles. The standard InChI is InChI=1S/C25H33ClN2O4S2/c1-19-9-12-22(13-10-19)34(30,31)28(23-17-20(26)11-14-24(23)32-2)18-25(29)27-15-6-16-33-21-7-4-3-5-8-21/h9-14,17,21H,3-8,15-16,18H2,1-2H3,(H,27,29). The van der Waals surface area contributed by atoms with Gasteiger partial charge in [-0.1, -0.05) is 48.6 Å². The number of halogens is 1. The van der Waals surface area contributed by atoms with E-state index in [1.54, 1.807) is 24.3 Å². The van der Waals surface area contributed by atoms with E-state index >= 15 is 0 Å². The molecule has 6 nitrogen and oxygen atoms in total. The van der Waals surface area contributed by atoms with Gasteiger partial charge in [0.1, 0.15) is 12.3 Å². The molecule has 1 aliphatic carbocycles. The maximum atomic E-state index is 13.6. The number of sulfonamides is 1. The summed E-state index contributed by atoms with van der Waals surface area (Å²) in [6.07, 6.45) is 7.37.